The van der Waals surface area contributed by atoms with Crippen molar-refractivity contribution >= 4 is 27.5 Å². The second-order valence-electron chi connectivity index (χ2n) is 7.13. The Morgan fingerprint density at radius 2 is 1.67 bits per heavy atom. The molecule has 0 aliphatic carbocycles. The van der Waals surface area contributed by atoms with E-state index in [1.54, 1.807) is 28.5 Å². The molecule has 1 aliphatic heterocycles. The van der Waals surface area contributed by atoms with E-state index in [9.17, 15) is 14.4 Å². The van der Waals surface area contributed by atoms with Gasteiger partial charge in [-0.3, -0.25) is 18.7 Å². The second kappa shape index (κ2) is 7.98. The molecule has 0 radical (unpaired) electrons. The summed E-state index contributed by atoms with van der Waals surface area (Å²) in [5.41, 5.74) is 1.05. The topological polar surface area (TPSA) is 80.7 Å². The zero-order chi connectivity index (χ0) is 21.4. The summed E-state index contributed by atoms with van der Waals surface area (Å²) in [6, 6.07) is 12.6. The first-order valence-corrected chi connectivity index (χ1v) is 10.4. The number of anilines is 1. The van der Waals surface area contributed by atoms with E-state index in [0.29, 0.717) is 47.9 Å². The lowest BCUT2D eigenvalue weighted by molar-refractivity contribution is 0.0713. The average Bonchev–Trinajstić information content (AvgIpc) is 3.19. The van der Waals surface area contributed by atoms with E-state index in [4.69, 9.17) is 4.42 Å². The smallest absolute Gasteiger partial charge is 0.335 e. The molecule has 1 aromatic carbocycles. The van der Waals surface area contributed by atoms with Gasteiger partial charge in [0.05, 0.1) is 11.4 Å². The molecule has 156 valence electrons. The van der Waals surface area contributed by atoms with Crippen LogP contribution in [0.4, 0.5) is 5.69 Å². The minimum Gasteiger partial charge on any atom is -0.444 e. The molecule has 3 heterocycles. The second-order valence-corrected chi connectivity index (χ2v) is 7.92. The highest BCUT2D eigenvalue weighted by atomic mass is 79.9. The van der Waals surface area contributed by atoms with E-state index in [1.165, 1.54) is 7.05 Å². The van der Waals surface area contributed by atoms with Crippen LogP contribution in [0.15, 0.2) is 61.1 Å². The number of carbonyl (C=O) groups is 1. The number of carbonyl (C=O) groups excluding carboxylic acids is 1. The highest BCUT2D eigenvalue weighted by Crippen LogP contribution is 2.21. The van der Waals surface area contributed by atoms with Gasteiger partial charge in [0.25, 0.3) is 11.5 Å². The summed E-state index contributed by atoms with van der Waals surface area (Å²) in [4.78, 5) is 42.0. The van der Waals surface area contributed by atoms with Gasteiger partial charge in [0.1, 0.15) is 5.69 Å². The van der Waals surface area contributed by atoms with Crippen molar-refractivity contribution in [1.29, 1.82) is 0 Å². The minimum absolute atomic E-state index is 0.181. The molecule has 0 N–H and O–H groups in total. The van der Waals surface area contributed by atoms with Crippen LogP contribution in [-0.2, 0) is 7.05 Å². The number of rotatable bonds is 3. The minimum atomic E-state index is -0.385. The van der Waals surface area contributed by atoms with E-state index in [1.807, 2.05) is 35.2 Å². The summed E-state index contributed by atoms with van der Waals surface area (Å²) < 4.78 is 8.55. The lowest BCUT2D eigenvalue weighted by Gasteiger charge is -2.36. The molecule has 2 aromatic heterocycles. The van der Waals surface area contributed by atoms with Gasteiger partial charge in [-0.2, -0.15) is 0 Å². The number of hydrogen-bond acceptors (Lipinski definition) is 5. The number of para-hydroxylation sites is 1. The third-order valence-corrected chi connectivity index (χ3v) is 5.77. The third kappa shape index (κ3) is 3.49. The molecule has 8 nitrogen and oxygen atoms in total. The van der Waals surface area contributed by atoms with Gasteiger partial charge < -0.3 is 14.2 Å². The molecule has 0 atom stereocenters. The molecule has 0 spiro atoms. The lowest BCUT2D eigenvalue weighted by atomic mass is 10.2. The van der Waals surface area contributed by atoms with Crippen LogP contribution in [0.2, 0.25) is 0 Å². The molecule has 0 saturated carbocycles. The number of benzene rings is 1. The van der Waals surface area contributed by atoms with Crippen molar-refractivity contribution < 1.29 is 9.21 Å². The first-order chi connectivity index (χ1) is 14.4. The molecule has 30 heavy (non-hydrogen) atoms. The summed E-state index contributed by atoms with van der Waals surface area (Å²) in [6.07, 6.45) is 0. The van der Waals surface area contributed by atoms with Crippen LogP contribution in [0.3, 0.4) is 0 Å². The Morgan fingerprint density at radius 1 is 1.00 bits per heavy atom. The normalized spacial score (nSPS) is 14.2. The largest absolute Gasteiger partial charge is 0.444 e. The summed E-state index contributed by atoms with van der Waals surface area (Å²) in [5, 5.41) is 0. The van der Waals surface area contributed by atoms with Crippen LogP contribution in [0, 0.1) is 6.92 Å². The number of halogens is 1. The van der Waals surface area contributed by atoms with Crippen LogP contribution < -0.4 is 16.1 Å². The maximum atomic E-state index is 12.9. The van der Waals surface area contributed by atoms with Gasteiger partial charge in [0, 0.05) is 33.2 Å². The number of nitrogens with zero attached hydrogens (tertiary/aromatic N) is 4. The number of piperazine rings is 1. The van der Waals surface area contributed by atoms with Crippen molar-refractivity contribution in [3.63, 3.8) is 0 Å². The maximum Gasteiger partial charge on any atom is 0.335 e. The van der Waals surface area contributed by atoms with E-state index in [0.717, 1.165) is 4.57 Å². The van der Waals surface area contributed by atoms with Crippen LogP contribution in [-0.4, -0.2) is 46.1 Å². The number of furan rings is 1. The fourth-order valence-corrected chi connectivity index (χ4v) is 4.07. The quantitative estimate of drug-likeness (QED) is 0.583. The summed E-state index contributed by atoms with van der Waals surface area (Å²) in [5.74, 6) is 0.0966. The van der Waals surface area contributed by atoms with Gasteiger partial charge in [-0.05, 0) is 47.1 Å². The predicted molar refractivity (Wildman–Crippen MR) is 117 cm³/mol. The van der Waals surface area contributed by atoms with Gasteiger partial charge in [-0.25, -0.2) is 4.79 Å². The first-order valence-electron chi connectivity index (χ1n) is 9.56. The van der Waals surface area contributed by atoms with Crippen LogP contribution >= 0.6 is 15.9 Å². The molecular weight excluding hydrogens is 452 g/mol. The van der Waals surface area contributed by atoms with E-state index >= 15 is 0 Å². The fraction of sp³-hybridized carbons (Fsp3) is 0.286. The van der Waals surface area contributed by atoms with Gasteiger partial charge in [-0.15, -0.1) is 0 Å². The zero-order valence-corrected chi connectivity index (χ0v) is 18.3. The highest BCUT2D eigenvalue weighted by Gasteiger charge is 2.28. The van der Waals surface area contributed by atoms with Crippen molar-refractivity contribution in [2.45, 2.75) is 6.92 Å². The highest BCUT2D eigenvalue weighted by molar-refractivity contribution is 9.10. The van der Waals surface area contributed by atoms with Crippen LogP contribution in [0.1, 0.15) is 16.2 Å². The van der Waals surface area contributed by atoms with Crippen molar-refractivity contribution in [2.24, 2.45) is 7.05 Å². The lowest BCUT2D eigenvalue weighted by Crippen LogP contribution is -2.52. The summed E-state index contributed by atoms with van der Waals surface area (Å²) in [7, 11) is 1.49. The number of hydrogen-bond donors (Lipinski definition) is 0. The van der Waals surface area contributed by atoms with Crippen LogP contribution in [0.5, 0.6) is 0 Å². The molecule has 3 aromatic rings. The first kappa shape index (κ1) is 20.2. The Labute approximate surface area is 181 Å². The molecule has 4 rings (SSSR count). The average molecular weight is 473 g/mol. The molecule has 1 fully saturated rings. The summed E-state index contributed by atoms with van der Waals surface area (Å²) >= 11 is 3.21. The standard InChI is InChI=1S/C21H21BrN4O4/c1-14-18(20(28)23(2)21(29)26(14)15-6-4-3-5-7-15)24-10-12-25(13-11-24)19(27)16-8-9-17(22)30-16/h3-9H,10-13H2,1-2H3. The Hall–Kier alpha value is -3.07. The molecular formula is C21H21BrN4O4. The number of aromatic nitrogens is 2. The Balaban J connectivity index is 1.64. The molecule has 0 bridgehead atoms. The Kier molecular flexibility index (Phi) is 5.38. The molecule has 0 unspecified atom stereocenters. The monoisotopic (exact) mass is 472 g/mol. The van der Waals surface area contributed by atoms with Crippen molar-refractivity contribution in [3.8, 4) is 5.69 Å². The molecule has 1 amide bonds. The van der Waals surface area contributed by atoms with Crippen molar-refractivity contribution in [1.82, 2.24) is 14.0 Å². The summed E-state index contributed by atoms with van der Waals surface area (Å²) in [6.45, 7) is 3.64. The van der Waals surface area contributed by atoms with Crippen molar-refractivity contribution in [2.75, 3.05) is 31.1 Å². The van der Waals surface area contributed by atoms with Gasteiger partial charge >= 0.3 is 5.69 Å². The zero-order valence-electron chi connectivity index (χ0n) is 16.7. The van der Waals surface area contributed by atoms with Crippen LogP contribution in [0.25, 0.3) is 5.69 Å². The van der Waals surface area contributed by atoms with Crippen molar-refractivity contribution in [3.05, 3.63) is 79.4 Å². The van der Waals surface area contributed by atoms with Gasteiger partial charge in [0.2, 0.25) is 0 Å². The SMILES string of the molecule is Cc1c(N2CCN(C(=O)c3ccc(Br)o3)CC2)c(=O)n(C)c(=O)n1-c1ccccc1. The van der Waals surface area contributed by atoms with E-state index in [2.05, 4.69) is 15.9 Å². The van der Waals surface area contributed by atoms with Gasteiger partial charge in [0.15, 0.2) is 10.4 Å². The Morgan fingerprint density at radius 3 is 2.27 bits per heavy atom. The molecule has 1 saturated heterocycles. The molecule has 1 aliphatic rings. The van der Waals surface area contributed by atoms with E-state index < -0.39 is 0 Å². The fourth-order valence-electron chi connectivity index (χ4n) is 3.76. The Bertz CT molecular complexity index is 1200. The maximum absolute atomic E-state index is 12.9. The van der Waals surface area contributed by atoms with E-state index in [-0.39, 0.29) is 22.9 Å². The predicted octanol–water partition coefficient (Wildman–Crippen LogP) is 2.16. The molecule has 9 heteroatoms. The number of amides is 1. The third-order valence-electron chi connectivity index (χ3n) is 5.35. The van der Waals surface area contributed by atoms with Gasteiger partial charge in [-0.1, -0.05) is 18.2 Å².